The van der Waals surface area contributed by atoms with Gasteiger partial charge in [0, 0.05) is 18.0 Å². The van der Waals surface area contributed by atoms with Crippen LogP contribution in [0.25, 0.3) is 0 Å². The van der Waals surface area contributed by atoms with Crippen LogP contribution in [-0.2, 0) is 17.6 Å². The lowest BCUT2D eigenvalue weighted by Crippen LogP contribution is -2.27. The average Bonchev–Trinajstić information content (AvgIpc) is 3.03. The maximum atomic E-state index is 13.8. The molecule has 0 atom stereocenters. The molecule has 0 aliphatic heterocycles. The largest absolute Gasteiger partial charge is 0.355 e. The van der Waals surface area contributed by atoms with E-state index in [1.54, 1.807) is 18.2 Å². The van der Waals surface area contributed by atoms with Crippen LogP contribution in [0.3, 0.4) is 0 Å². The molecule has 1 amide bonds. The third-order valence-electron chi connectivity index (χ3n) is 4.02. The second-order valence-electron chi connectivity index (χ2n) is 6.05. The van der Waals surface area contributed by atoms with Crippen molar-refractivity contribution in [2.24, 2.45) is 0 Å². The van der Waals surface area contributed by atoms with Crippen LogP contribution in [-0.4, -0.2) is 33.1 Å². The Labute approximate surface area is 171 Å². The third kappa shape index (κ3) is 5.46. The topological polar surface area (TPSA) is 85.8 Å². The van der Waals surface area contributed by atoms with Crippen LogP contribution >= 0.6 is 23.4 Å². The number of nitrogens with two attached hydrogens (primary N) is 1. The molecule has 0 unspecified atom stereocenters. The Bertz CT molecular complexity index is 948. The Morgan fingerprint density at radius 2 is 1.93 bits per heavy atom. The maximum Gasteiger partial charge on any atom is 0.230 e. The van der Waals surface area contributed by atoms with E-state index >= 15 is 0 Å². The second-order valence-corrected chi connectivity index (χ2v) is 7.43. The lowest BCUT2D eigenvalue weighted by molar-refractivity contribution is -0.118. The number of nitrogens with zero attached hydrogens (tertiary/aromatic N) is 3. The molecule has 3 aromatic rings. The minimum Gasteiger partial charge on any atom is -0.355 e. The summed E-state index contributed by atoms with van der Waals surface area (Å²) < 4.78 is 15.1. The molecular formula is C19H19ClFN5OS. The van der Waals surface area contributed by atoms with Crippen LogP contribution in [0.15, 0.2) is 53.7 Å². The maximum absolute atomic E-state index is 13.8. The summed E-state index contributed by atoms with van der Waals surface area (Å²) >= 11 is 7.03. The number of halogens is 2. The Kier molecular flexibility index (Phi) is 6.89. The summed E-state index contributed by atoms with van der Waals surface area (Å²) in [5.41, 5.74) is 1.58. The number of aromatic nitrogens is 3. The minimum absolute atomic E-state index is 0.127. The number of benzene rings is 2. The van der Waals surface area contributed by atoms with Crippen molar-refractivity contribution < 1.29 is 9.18 Å². The molecule has 0 bridgehead atoms. The fraction of sp³-hybridized carbons (Fsp3) is 0.211. The van der Waals surface area contributed by atoms with Crippen LogP contribution in [0.2, 0.25) is 5.02 Å². The number of rotatable bonds is 8. The van der Waals surface area contributed by atoms with E-state index in [2.05, 4.69) is 15.5 Å². The van der Waals surface area contributed by atoms with Crippen LogP contribution in [0.5, 0.6) is 0 Å². The van der Waals surface area contributed by atoms with Gasteiger partial charge in [0.2, 0.25) is 11.1 Å². The van der Waals surface area contributed by atoms with Gasteiger partial charge in [-0.15, -0.1) is 10.2 Å². The molecule has 1 heterocycles. The smallest absolute Gasteiger partial charge is 0.230 e. The molecule has 9 heteroatoms. The second kappa shape index (κ2) is 9.57. The van der Waals surface area contributed by atoms with Crippen LogP contribution in [0.1, 0.15) is 17.0 Å². The predicted molar refractivity (Wildman–Crippen MR) is 108 cm³/mol. The van der Waals surface area contributed by atoms with Crippen molar-refractivity contribution in [3.8, 4) is 0 Å². The summed E-state index contributed by atoms with van der Waals surface area (Å²) in [7, 11) is 0. The molecule has 0 radical (unpaired) electrons. The van der Waals surface area contributed by atoms with E-state index in [1.807, 2.05) is 24.3 Å². The molecule has 0 fully saturated rings. The lowest BCUT2D eigenvalue weighted by Gasteiger charge is -2.06. The number of amides is 1. The monoisotopic (exact) mass is 419 g/mol. The first-order valence-corrected chi connectivity index (χ1v) is 9.96. The van der Waals surface area contributed by atoms with Gasteiger partial charge in [-0.3, -0.25) is 4.79 Å². The van der Waals surface area contributed by atoms with Crippen molar-refractivity contribution in [2.45, 2.75) is 18.0 Å². The Morgan fingerprint density at radius 1 is 1.18 bits per heavy atom. The van der Waals surface area contributed by atoms with Gasteiger partial charge in [0.25, 0.3) is 0 Å². The summed E-state index contributed by atoms with van der Waals surface area (Å²) in [6, 6.07) is 13.9. The molecule has 0 spiro atoms. The Hall–Kier alpha value is -2.58. The first kappa shape index (κ1) is 20.2. The summed E-state index contributed by atoms with van der Waals surface area (Å²) in [6.07, 6.45) is 0.942. The highest BCUT2D eigenvalue weighted by atomic mass is 35.5. The molecule has 6 nitrogen and oxygen atoms in total. The van der Waals surface area contributed by atoms with E-state index < -0.39 is 0 Å². The normalized spacial score (nSPS) is 10.8. The molecule has 0 saturated carbocycles. The lowest BCUT2D eigenvalue weighted by atomic mass is 10.1. The van der Waals surface area contributed by atoms with Gasteiger partial charge in [-0.1, -0.05) is 53.7 Å². The van der Waals surface area contributed by atoms with E-state index in [-0.39, 0.29) is 23.9 Å². The number of nitrogen functional groups attached to an aromatic ring is 1. The van der Waals surface area contributed by atoms with Gasteiger partial charge in [0.05, 0.1) is 5.75 Å². The van der Waals surface area contributed by atoms with Gasteiger partial charge in [0.15, 0.2) is 5.82 Å². The molecule has 146 valence electrons. The standard InChI is InChI=1S/C19H19ClFN5OS/c20-15-7-5-13(6-8-15)9-10-23-18(27)12-28-19-25-24-17(26(19)22)11-14-3-1-2-4-16(14)21/h1-8H,9-12,22H2,(H,23,27). The van der Waals surface area contributed by atoms with Gasteiger partial charge in [0.1, 0.15) is 5.82 Å². The van der Waals surface area contributed by atoms with Crippen molar-refractivity contribution in [3.63, 3.8) is 0 Å². The molecular weight excluding hydrogens is 401 g/mol. The zero-order valence-corrected chi connectivity index (χ0v) is 16.5. The first-order chi connectivity index (χ1) is 13.5. The highest BCUT2D eigenvalue weighted by molar-refractivity contribution is 7.99. The number of hydrogen-bond donors (Lipinski definition) is 2. The molecule has 0 saturated heterocycles. The van der Waals surface area contributed by atoms with Crippen molar-refractivity contribution in [3.05, 3.63) is 76.3 Å². The predicted octanol–water partition coefficient (Wildman–Crippen LogP) is 2.83. The highest BCUT2D eigenvalue weighted by Crippen LogP contribution is 2.17. The van der Waals surface area contributed by atoms with Crippen molar-refractivity contribution in [2.75, 3.05) is 18.1 Å². The Balaban J connectivity index is 1.46. The van der Waals surface area contributed by atoms with Crippen molar-refractivity contribution in [1.82, 2.24) is 20.2 Å². The Morgan fingerprint density at radius 3 is 2.68 bits per heavy atom. The van der Waals surface area contributed by atoms with Crippen molar-refractivity contribution in [1.29, 1.82) is 0 Å². The van der Waals surface area contributed by atoms with E-state index in [9.17, 15) is 9.18 Å². The van der Waals surface area contributed by atoms with Gasteiger partial charge < -0.3 is 11.2 Å². The number of thioether (sulfide) groups is 1. The summed E-state index contributed by atoms with van der Waals surface area (Å²) in [5, 5.41) is 11.9. The van der Waals surface area contributed by atoms with Gasteiger partial charge in [-0.05, 0) is 35.7 Å². The zero-order chi connectivity index (χ0) is 19.9. The molecule has 3 N–H and O–H groups in total. The number of nitrogens with one attached hydrogen (secondary N) is 1. The molecule has 3 rings (SSSR count). The molecule has 0 aliphatic carbocycles. The number of carbonyl (C=O) groups is 1. The molecule has 0 aliphatic rings. The van der Waals surface area contributed by atoms with Crippen LogP contribution < -0.4 is 11.2 Å². The average molecular weight is 420 g/mol. The SMILES string of the molecule is Nn1c(Cc2ccccc2F)nnc1SCC(=O)NCCc1ccc(Cl)cc1. The van der Waals surface area contributed by atoms with E-state index in [4.69, 9.17) is 17.4 Å². The third-order valence-corrected chi connectivity index (χ3v) is 5.22. The first-order valence-electron chi connectivity index (χ1n) is 8.59. The fourth-order valence-electron chi connectivity index (χ4n) is 2.52. The minimum atomic E-state index is -0.320. The summed E-state index contributed by atoms with van der Waals surface area (Å²) in [5.74, 6) is 6.12. The van der Waals surface area contributed by atoms with Crippen LogP contribution in [0, 0.1) is 5.82 Å². The van der Waals surface area contributed by atoms with E-state index in [1.165, 1.54) is 22.5 Å². The zero-order valence-electron chi connectivity index (χ0n) is 14.9. The van der Waals surface area contributed by atoms with Gasteiger partial charge >= 0.3 is 0 Å². The molecule has 2 aromatic carbocycles. The fourth-order valence-corrected chi connectivity index (χ4v) is 3.35. The highest BCUT2D eigenvalue weighted by Gasteiger charge is 2.14. The molecule has 1 aromatic heterocycles. The van der Waals surface area contributed by atoms with Crippen LogP contribution in [0.4, 0.5) is 4.39 Å². The number of hydrogen-bond acceptors (Lipinski definition) is 5. The van der Waals surface area contributed by atoms with Gasteiger partial charge in [-0.2, -0.15) is 0 Å². The van der Waals surface area contributed by atoms with E-state index in [0.717, 1.165) is 5.56 Å². The summed E-state index contributed by atoms with van der Waals surface area (Å²) in [4.78, 5) is 12.0. The van der Waals surface area contributed by atoms with Crippen molar-refractivity contribution >= 4 is 29.3 Å². The summed E-state index contributed by atoms with van der Waals surface area (Å²) in [6.45, 7) is 0.523. The number of carbonyl (C=O) groups excluding carboxylic acids is 1. The molecule has 28 heavy (non-hydrogen) atoms. The van der Waals surface area contributed by atoms with E-state index in [0.29, 0.717) is 34.5 Å². The van der Waals surface area contributed by atoms with Gasteiger partial charge in [-0.25, -0.2) is 9.07 Å². The quantitative estimate of drug-likeness (QED) is 0.433.